The van der Waals surface area contributed by atoms with E-state index in [9.17, 15) is 4.39 Å². The average molecular weight is 251 g/mol. The summed E-state index contributed by atoms with van der Waals surface area (Å²) in [4.78, 5) is 3.68. The van der Waals surface area contributed by atoms with Gasteiger partial charge < -0.3 is 4.74 Å². The third-order valence-electron chi connectivity index (χ3n) is 3.01. The highest BCUT2D eigenvalue weighted by Gasteiger charge is 2.12. The molecule has 2 heterocycles. The Labute approximate surface area is 104 Å². The Balaban J connectivity index is 1.80. The molecule has 2 nitrogen and oxygen atoms in total. The molecule has 0 atom stereocenters. The van der Waals surface area contributed by atoms with Crippen molar-refractivity contribution < 1.29 is 9.13 Å². The van der Waals surface area contributed by atoms with Crippen molar-refractivity contribution >= 4 is 21.4 Å². The molecule has 90 valence electrons. The molecule has 0 saturated carbocycles. The van der Waals surface area contributed by atoms with Crippen LogP contribution in [0.3, 0.4) is 0 Å². The SMILES string of the molecule is Fc1ccc2sc(CN3CCOCC3)cc2c1. The van der Waals surface area contributed by atoms with Gasteiger partial charge in [0.05, 0.1) is 13.2 Å². The van der Waals surface area contributed by atoms with E-state index in [1.54, 1.807) is 17.4 Å². The van der Waals surface area contributed by atoms with Crippen LogP contribution in [0.4, 0.5) is 4.39 Å². The van der Waals surface area contributed by atoms with E-state index in [-0.39, 0.29) is 5.82 Å². The van der Waals surface area contributed by atoms with E-state index >= 15 is 0 Å². The van der Waals surface area contributed by atoms with E-state index in [0.717, 1.165) is 42.9 Å². The Hall–Kier alpha value is -0.970. The summed E-state index contributed by atoms with van der Waals surface area (Å²) in [5.74, 6) is -0.159. The van der Waals surface area contributed by atoms with Crippen LogP contribution in [0.5, 0.6) is 0 Å². The predicted molar refractivity (Wildman–Crippen MR) is 67.9 cm³/mol. The number of halogens is 1. The molecule has 1 fully saturated rings. The maximum Gasteiger partial charge on any atom is 0.123 e. The highest BCUT2D eigenvalue weighted by molar-refractivity contribution is 7.19. The standard InChI is InChI=1S/C13H14FNOS/c14-11-1-2-13-10(7-11)8-12(17-13)9-15-3-5-16-6-4-15/h1-2,7-8H,3-6,9H2. The number of hydrogen-bond donors (Lipinski definition) is 0. The van der Waals surface area contributed by atoms with Crippen LogP contribution in [0.15, 0.2) is 24.3 Å². The highest BCUT2D eigenvalue weighted by Crippen LogP contribution is 2.27. The van der Waals surface area contributed by atoms with Crippen molar-refractivity contribution in [2.24, 2.45) is 0 Å². The summed E-state index contributed by atoms with van der Waals surface area (Å²) in [6, 6.07) is 7.09. The van der Waals surface area contributed by atoms with Gasteiger partial charge in [0.1, 0.15) is 5.82 Å². The number of fused-ring (bicyclic) bond motifs is 1. The van der Waals surface area contributed by atoms with E-state index in [1.165, 1.54) is 10.9 Å². The van der Waals surface area contributed by atoms with Crippen LogP contribution in [-0.2, 0) is 11.3 Å². The minimum absolute atomic E-state index is 0.159. The lowest BCUT2D eigenvalue weighted by atomic mass is 10.2. The number of nitrogens with zero attached hydrogens (tertiary/aromatic N) is 1. The Bertz CT molecular complexity index is 519. The predicted octanol–water partition coefficient (Wildman–Crippen LogP) is 2.87. The topological polar surface area (TPSA) is 12.5 Å². The maximum atomic E-state index is 13.1. The number of ether oxygens (including phenoxy) is 1. The second-order valence-corrected chi connectivity index (χ2v) is 5.45. The molecular weight excluding hydrogens is 237 g/mol. The molecule has 0 amide bonds. The molecule has 0 radical (unpaired) electrons. The number of rotatable bonds is 2. The molecule has 1 aliphatic heterocycles. The maximum absolute atomic E-state index is 13.1. The molecule has 0 N–H and O–H groups in total. The Morgan fingerprint density at radius 1 is 1.24 bits per heavy atom. The van der Waals surface area contributed by atoms with Crippen molar-refractivity contribution in [3.05, 3.63) is 35.0 Å². The summed E-state index contributed by atoms with van der Waals surface area (Å²) in [6.45, 7) is 4.56. The molecule has 2 aromatic rings. The fourth-order valence-electron chi connectivity index (χ4n) is 2.13. The van der Waals surface area contributed by atoms with Gasteiger partial charge in [-0.05, 0) is 29.7 Å². The fraction of sp³-hybridized carbons (Fsp3) is 0.385. The third kappa shape index (κ3) is 2.49. The van der Waals surface area contributed by atoms with Crippen molar-refractivity contribution in [2.75, 3.05) is 26.3 Å². The van der Waals surface area contributed by atoms with Crippen molar-refractivity contribution in [3.63, 3.8) is 0 Å². The summed E-state index contributed by atoms with van der Waals surface area (Å²) in [5.41, 5.74) is 0. The van der Waals surface area contributed by atoms with E-state index in [0.29, 0.717) is 0 Å². The Morgan fingerprint density at radius 3 is 2.88 bits per heavy atom. The quantitative estimate of drug-likeness (QED) is 0.813. The summed E-state index contributed by atoms with van der Waals surface area (Å²) in [6.07, 6.45) is 0. The van der Waals surface area contributed by atoms with Crippen molar-refractivity contribution in [1.29, 1.82) is 0 Å². The lowest BCUT2D eigenvalue weighted by molar-refractivity contribution is 0.0346. The molecule has 1 aromatic carbocycles. The number of morpholine rings is 1. The van der Waals surface area contributed by atoms with Crippen LogP contribution in [0.2, 0.25) is 0 Å². The molecule has 0 spiro atoms. The van der Waals surface area contributed by atoms with Crippen LogP contribution < -0.4 is 0 Å². The van der Waals surface area contributed by atoms with Gasteiger partial charge in [-0.3, -0.25) is 4.90 Å². The monoisotopic (exact) mass is 251 g/mol. The van der Waals surface area contributed by atoms with Gasteiger partial charge in [0.15, 0.2) is 0 Å². The molecular formula is C13H14FNOS. The first-order valence-corrected chi connectivity index (χ1v) is 6.61. The first kappa shape index (κ1) is 11.1. The van der Waals surface area contributed by atoms with Gasteiger partial charge in [-0.15, -0.1) is 11.3 Å². The Kier molecular flexibility index (Phi) is 3.09. The van der Waals surface area contributed by atoms with Gasteiger partial charge in [0.2, 0.25) is 0 Å². The molecule has 4 heteroatoms. The van der Waals surface area contributed by atoms with Crippen molar-refractivity contribution in [2.45, 2.75) is 6.54 Å². The third-order valence-corrected chi connectivity index (χ3v) is 4.11. The zero-order chi connectivity index (χ0) is 11.7. The second kappa shape index (κ2) is 4.72. The lowest BCUT2D eigenvalue weighted by Gasteiger charge is -2.25. The molecule has 0 aliphatic carbocycles. The molecule has 1 aromatic heterocycles. The van der Waals surface area contributed by atoms with Gasteiger partial charge in [-0.2, -0.15) is 0 Å². The zero-order valence-electron chi connectivity index (χ0n) is 9.49. The lowest BCUT2D eigenvalue weighted by Crippen LogP contribution is -2.35. The van der Waals surface area contributed by atoms with Crippen molar-refractivity contribution in [1.82, 2.24) is 4.90 Å². The van der Waals surface area contributed by atoms with Crippen LogP contribution in [0, 0.1) is 5.82 Å². The van der Waals surface area contributed by atoms with E-state index in [2.05, 4.69) is 11.0 Å². The summed E-state index contributed by atoms with van der Waals surface area (Å²) in [5, 5.41) is 1.01. The summed E-state index contributed by atoms with van der Waals surface area (Å²) in [7, 11) is 0. The summed E-state index contributed by atoms with van der Waals surface area (Å²) >= 11 is 1.75. The van der Waals surface area contributed by atoms with Gasteiger partial charge in [0.25, 0.3) is 0 Å². The minimum atomic E-state index is -0.159. The average Bonchev–Trinajstić information content (AvgIpc) is 2.71. The van der Waals surface area contributed by atoms with Gasteiger partial charge in [-0.1, -0.05) is 0 Å². The number of hydrogen-bond acceptors (Lipinski definition) is 3. The molecule has 1 aliphatic rings. The highest BCUT2D eigenvalue weighted by atomic mass is 32.1. The van der Waals surface area contributed by atoms with E-state index in [1.807, 2.05) is 6.07 Å². The molecule has 0 bridgehead atoms. The van der Waals surface area contributed by atoms with Gasteiger partial charge >= 0.3 is 0 Å². The van der Waals surface area contributed by atoms with Gasteiger partial charge in [-0.25, -0.2) is 4.39 Å². The smallest absolute Gasteiger partial charge is 0.123 e. The van der Waals surface area contributed by atoms with E-state index < -0.39 is 0 Å². The first-order chi connectivity index (χ1) is 8.31. The largest absolute Gasteiger partial charge is 0.379 e. The minimum Gasteiger partial charge on any atom is -0.379 e. The van der Waals surface area contributed by atoms with Crippen LogP contribution >= 0.6 is 11.3 Å². The molecule has 1 saturated heterocycles. The fourth-order valence-corrected chi connectivity index (χ4v) is 3.21. The number of thiophene rings is 1. The zero-order valence-corrected chi connectivity index (χ0v) is 10.3. The second-order valence-electron chi connectivity index (χ2n) is 4.28. The van der Waals surface area contributed by atoms with Crippen LogP contribution in [0.25, 0.3) is 10.1 Å². The van der Waals surface area contributed by atoms with Crippen LogP contribution in [-0.4, -0.2) is 31.2 Å². The Morgan fingerprint density at radius 2 is 2.06 bits per heavy atom. The number of benzene rings is 1. The van der Waals surface area contributed by atoms with Crippen LogP contribution in [0.1, 0.15) is 4.88 Å². The molecule has 3 rings (SSSR count). The van der Waals surface area contributed by atoms with E-state index in [4.69, 9.17) is 4.74 Å². The van der Waals surface area contributed by atoms with Gasteiger partial charge in [0, 0.05) is 29.2 Å². The molecule has 17 heavy (non-hydrogen) atoms. The molecule has 0 unspecified atom stereocenters. The summed E-state index contributed by atoms with van der Waals surface area (Å²) < 4.78 is 19.6. The normalized spacial score (nSPS) is 17.7. The van der Waals surface area contributed by atoms with Crippen molar-refractivity contribution in [3.8, 4) is 0 Å². The first-order valence-electron chi connectivity index (χ1n) is 5.79.